The fraction of sp³-hybridized carbons (Fsp3) is 0.984. The van der Waals surface area contributed by atoms with E-state index in [0.29, 0.717) is 19.6 Å². The van der Waals surface area contributed by atoms with Crippen molar-refractivity contribution < 1.29 is 14.6 Å². The van der Waals surface area contributed by atoms with Crippen LogP contribution >= 0.6 is 0 Å². The lowest BCUT2D eigenvalue weighted by Crippen LogP contribution is -2.35. The Kier molecular flexibility index (Phi) is 42.3. The molecule has 2 rings (SSSR count). The lowest BCUT2D eigenvalue weighted by molar-refractivity contribution is -0.143. The van der Waals surface area contributed by atoms with E-state index in [1.165, 1.54) is 283 Å². The Labute approximate surface area is 422 Å². The van der Waals surface area contributed by atoms with Crippen LogP contribution in [0.25, 0.3) is 0 Å². The molecule has 2 saturated carbocycles. The second kappa shape index (κ2) is 45.3. The van der Waals surface area contributed by atoms with Gasteiger partial charge in [-0.1, -0.05) is 266 Å². The molecule has 0 radical (unpaired) electrons. The third kappa shape index (κ3) is 30.8. The van der Waals surface area contributed by atoms with Crippen molar-refractivity contribution in [2.45, 2.75) is 343 Å². The lowest BCUT2D eigenvalue weighted by Gasteiger charge is -2.44. The van der Waals surface area contributed by atoms with Gasteiger partial charge in [-0.25, -0.2) is 0 Å². The molecule has 0 heterocycles. The van der Waals surface area contributed by atoms with E-state index in [1.807, 2.05) is 0 Å². The van der Waals surface area contributed by atoms with E-state index >= 15 is 0 Å². The second-order valence-electron chi connectivity index (χ2n) is 23.4. The molecule has 1 N–H and O–H groups in total. The van der Waals surface area contributed by atoms with Gasteiger partial charge < -0.3 is 9.84 Å². The second-order valence-corrected chi connectivity index (χ2v) is 23.4. The van der Waals surface area contributed by atoms with E-state index in [-0.39, 0.29) is 5.97 Å². The Hall–Kier alpha value is -0.570. The Morgan fingerprint density at radius 1 is 0.343 bits per heavy atom. The van der Waals surface area contributed by atoms with Gasteiger partial charge in [0.25, 0.3) is 0 Å². The van der Waals surface area contributed by atoms with E-state index in [4.69, 9.17) is 4.74 Å². The molecule has 8 unspecified atom stereocenters. The predicted octanol–water partition coefficient (Wildman–Crippen LogP) is 21.3. The summed E-state index contributed by atoms with van der Waals surface area (Å²) >= 11 is 0. The number of aliphatic hydroxyl groups is 1. The molecular formula is C64H124O3. The highest BCUT2D eigenvalue weighted by atomic mass is 16.5. The van der Waals surface area contributed by atoms with Crippen molar-refractivity contribution in [1.82, 2.24) is 0 Å². The van der Waals surface area contributed by atoms with Crippen molar-refractivity contribution in [3.8, 4) is 0 Å². The van der Waals surface area contributed by atoms with Crippen LogP contribution in [0.3, 0.4) is 0 Å². The highest BCUT2D eigenvalue weighted by Gasteiger charge is 2.39. The number of ether oxygens (including phenoxy) is 1. The summed E-state index contributed by atoms with van der Waals surface area (Å²) < 4.78 is 5.75. The number of aliphatic hydroxyl groups excluding tert-OH is 1. The first-order valence-electron chi connectivity index (χ1n) is 31.8. The summed E-state index contributed by atoms with van der Waals surface area (Å²) in [6.45, 7) is 12.8. The van der Waals surface area contributed by atoms with Crippen LogP contribution < -0.4 is 0 Å². The average molecular weight is 942 g/mol. The Morgan fingerprint density at radius 3 is 1.00 bits per heavy atom. The van der Waals surface area contributed by atoms with Crippen LogP contribution in [0.15, 0.2) is 0 Å². The molecule has 398 valence electrons. The van der Waals surface area contributed by atoms with Crippen LogP contribution in [0.4, 0.5) is 0 Å². The predicted molar refractivity (Wildman–Crippen MR) is 296 cm³/mol. The van der Waals surface area contributed by atoms with Crippen LogP contribution in [0.5, 0.6) is 0 Å². The monoisotopic (exact) mass is 941 g/mol. The van der Waals surface area contributed by atoms with Crippen LogP contribution in [-0.4, -0.2) is 24.3 Å². The quantitative estimate of drug-likeness (QED) is 0.0488. The van der Waals surface area contributed by atoms with Crippen LogP contribution in [-0.2, 0) is 9.53 Å². The molecule has 0 bridgehead atoms. The summed E-state index contributed by atoms with van der Waals surface area (Å²) in [6.07, 6.45) is 65.5. The Morgan fingerprint density at radius 2 is 0.627 bits per heavy atom. The van der Waals surface area contributed by atoms with Crippen molar-refractivity contribution in [2.75, 3.05) is 13.2 Å². The summed E-state index contributed by atoms with van der Waals surface area (Å²) in [6, 6.07) is 0. The molecule has 8 atom stereocenters. The van der Waals surface area contributed by atoms with E-state index in [1.54, 1.807) is 0 Å². The molecule has 67 heavy (non-hydrogen) atoms. The summed E-state index contributed by atoms with van der Waals surface area (Å²) in [5, 5.41) is 9.30. The van der Waals surface area contributed by atoms with Gasteiger partial charge in [0, 0.05) is 13.0 Å². The fourth-order valence-corrected chi connectivity index (χ4v) is 14.0. The van der Waals surface area contributed by atoms with E-state index in [2.05, 4.69) is 34.6 Å². The topological polar surface area (TPSA) is 46.5 Å². The zero-order valence-electron chi connectivity index (χ0n) is 46.7. The minimum atomic E-state index is 0.0495. The zero-order chi connectivity index (χ0) is 48.3. The first kappa shape index (κ1) is 62.5. The molecule has 0 aromatic rings. The highest BCUT2D eigenvalue weighted by molar-refractivity contribution is 5.69. The van der Waals surface area contributed by atoms with E-state index < -0.39 is 0 Å². The summed E-state index contributed by atoms with van der Waals surface area (Å²) in [7, 11) is 0. The molecule has 0 aromatic carbocycles. The van der Waals surface area contributed by atoms with Crippen molar-refractivity contribution in [3.05, 3.63) is 0 Å². The normalized spacial score (nSPS) is 23.3. The van der Waals surface area contributed by atoms with Crippen LogP contribution in [0.1, 0.15) is 343 Å². The van der Waals surface area contributed by atoms with Gasteiger partial charge in [-0.3, -0.25) is 4.79 Å². The smallest absolute Gasteiger partial charge is 0.305 e. The molecule has 2 fully saturated rings. The summed E-state index contributed by atoms with van der Waals surface area (Å²) in [5.41, 5.74) is 0. The summed E-state index contributed by atoms with van der Waals surface area (Å²) in [4.78, 5) is 12.7. The van der Waals surface area contributed by atoms with E-state index in [9.17, 15) is 9.90 Å². The lowest BCUT2D eigenvalue weighted by atomic mass is 9.61. The number of carbonyl (C=O) groups excluding carboxylic acids is 1. The van der Waals surface area contributed by atoms with Gasteiger partial charge in [0.1, 0.15) is 0 Å². The van der Waals surface area contributed by atoms with Gasteiger partial charge in [0.2, 0.25) is 0 Å². The molecule has 0 spiro atoms. The number of rotatable bonds is 48. The maximum atomic E-state index is 12.7. The first-order chi connectivity index (χ1) is 33.0. The third-order valence-corrected chi connectivity index (χ3v) is 18.1. The maximum absolute atomic E-state index is 12.7. The van der Waals surface area contributed by atoms with Gasteiger partial charge in [-0.15, -0.1) is 0 Å². The van der Waals surface area contributed by atoms with Crippen LogP contribution in [0.2, 0.25) is 0 Å². The van der Waals surface area contributed by atoms with Crippen molar-refractivity contribution in [3.63, 3.8) is 0 Å². The number of hydrogen-bond donors (Lipinski definition) is 1. The van der Waals surface area contributed by atoms with Gasteiger partial charge >= 0.3 is 5.97 Å². The van der Waals surface area contributed by atoms with Gasteiger partial charge in [-0.2, -0.15) is 0 Å². The van der Waals surface area contributed by atoms with Crippen molar-refractivity contribution >= 4 is 5.97 Å². The molecule has 0 amide bonds. The third-order valence-electron chi connectivity index (χ3n) is 18.1. The summed E-state index contributed by atoms with van der Waals surface area (Å²) in [5.74, 6) is 7.74. The molecule has 2 aliphatic carbocycles. The van der Waals surface area contributed by atoms with Crippen molar-refractivity contribution in [1.29, 1.82) is 0 Å². The molecule has 3 nitrogen and oxygen atoms in total. The zero-order valence-corrected chi connectivity index (χ0v) is 46.7. The minimum Gasteiger partial charge on any atom is -0.466 e. The van der Waals surface area contributed by atoms with Gasteiger partial charge in [-0.05, 0) is 118 Å². The molecule has 3 heteroatoms. The standard InChI is InChI=1S/C64H124O3/c1-6-11-15-19-25-35-46-61-57(42-32-17-13-8-3)51-50-56(10-5)60(61)45-38-28-29-39-49-64(66)67-55-41-31-22-21-24-34-44-59-53-52-58(43-33-18-14-9-4)62(47-36-26-20-16-12-7-2)63(59)48-37-27-23-30-40-54-65/h56-63,65H,6-55H2,1-5H3. The number of hydrogen-bond acceptors (Lipinski definition) is 3. The molecule has 2 aliphatic rings. The van der Waals surface area contributed by atoms with Gasteiger partial charge in [0.05, 0.1) is 6.61 Å². The Bertz CT molecular complexity index is 1040. The average Bonchev–Trinajstić information content (AvgIpc) is 3.34. The number of carbonyl (C=O) groups is 1. The number of unbranched alkanes of at least 4 members (excludes halogenated alkanes) is 28. The van der Waals surface area contributed by atoms with Gasteiger partial charge in [0.15, 0.2) is 0 Å². The molecular weight excluding hydrogens is 817 g/mol. The highest BCUT2D eigenvalue weighted by Crippen LogP contribution is 2.49. The maximum Gasteiger partial charge on any atom is 0.305 e. The number of esters is 1. The molecule has 0 saturated heterocycles. The fourth-order valence-electron chi connectivity index (χ4n) is 14.0. The van der Waals surface area contributed by atoms with Crippen LogP contribution in [0, 0.1) is 47.3 Å². The Balaban J connectivity index is 1.70. The minimum absolute atomic E-state index is 0.0495. The largest absolute Gasteiger partial charge is 0.466 e. The molecule has 0 aliphatic heterocycles. The van der Waals surface area contributed by atoms with E-state index in [0.717, 1.165) is 66.6 Å². The molecule has 0 aromatic heterocycles. The first-order valence-corrected chi connectivity index (χ1v) is 31.8. The van der Waals surface area contributed by atoms with Crippen molar-refractivity contribution in [2.24, 2.45) is 47.3 Å². The SMILES string of the molecule is CCCCCCCCC1C(CCCCCC)CCC(CC)C1CCCCCCC(=O)OCCCCCCCCC1CCC(CCCCCC)C(CCCCCCCC)C1CCCCCCCO.